The topological polar surface area (TPSA) is 117 Å². The number of benzene rings is 2. The lowest BCUT2D eigenvalue weighted by molar-refractivity contribution is -0.116. The Balaban J connectivity index is 1.62. The van der Waals surface area contributed by atoms with Crippen molar-refractivity contribution in [3.05, 3.63) is 77.0 Å². The molecule has 2 aliphatic rings. The molecule has 152 valence electrons. The molecule has 3 N–H and O–H groups in total. The van der Waals surface area contributed by atoms with Crippen LogP contribution < -0.4 is 16.1 Å². The van der Waals surface area contributed by atoms with Crippen LogP contribution in [0.15, 0.2) is 75.9 Å². The number of amidine groups is 1. The first-order valence-electron chi connectivity index (χ1n) is 9.20. The highest BCUT2D eigenvalue weighted by Gasteiger charge is 2.29. The smallest absolute Gasteiger partial charge is 0.277 e. The summed E-state index contributed by atoms with van der Waals surface area (Å²) in [4.78, 5) is 25.1. The van der Waals surface area contributed by atoms with Crippen molar-refractivity contribution in [2.45, 2.75) is 11.8 Å². The van der Waals surface area contributed by atoms with E-state index in [4.69, 9.17) is 0 Å². The summed E-state index contributed by atoms with van der Waals surface area (Å²) in [7, 11) is -3.45. The fourth-order valence-electron chi connectivity index (χ4n) is 3.11. The predicted molar refractivity (Wildman–Crippen MR) is 113 cm³/mol. The van der Waals surface area contributed by atoms with Gasteiger partial charge in [-0.3, -0.25) is 9.59 Å². The molecule has 0 aliphatic carbocycles. The summed E-state index contributed by atoms with van der Waals surface area (Å²) >= 11 is 0. The molecule has 0 saturated carbocycles. The van der Waals surface area contributed by atoms with Crippen molar-refractivity contribution in [1.82, 2.24) is 10.7 Å². The molecule has 0 radical (unpaired) electrons. The number of para-hydroxylation sites is 1. The van der Waals surface area contributed by atoms with E-state index in [-0.39, 0.29) is 27.6 Å². The van der Waals surface area contributed by atoms with Crippen LogP contribution in [0.1, 0.15) is 22.8 Å². The third kappa shape index (κ3) is 3.62. The van der Waals surface area contributed by atoms with Crippen molar-refractivity contribution in [1.29, 1.82) is 0 Å². The highest BCUT2D eigenvalue weighted by Crippen LogP contribution is 2.26. The number of hydrazone groups is 1. The van der Waals surface area contributed by atoms with E-state index in [0.29, 0.717) is 5.70 Å². The van der Waals surface area contributed by atoms with Crippen LogP contribution in [-0.2, 0) is 14.6 Å². The van der Waals surface area contributed by atoms with Gasteiger partial charge in [-0.05, 0) is 35.9 Å². The van der Waals surface area contributed by atoms with Gasteiger partial charge in [0.2, 0.25) is 0 Å². The molecule has 30 heavy (non-hydrogen) atoms. The van der Waals surface area contributed by atoms with Crippen LogP contribution in [0.5, 0.6) is 0 Å². The predicted octanol–water partition coefficient (Wildman–Crippen LogP) is 2.05. The molecule has 0 aromatic heterocycles. The van der Waals surface area contributed by atoms with Gasteiger partial charge < -0.3 is 10.6 Å². The third-order valence-corrected chi connectivity index (χ3v) is 6.46. The molecule has 0 spiro atoms. The zero-order chi connectivity index (χ0) is 21.3. The van der Waals surface area contributed by atoms with Crippen LogP contribution in [0.3, 0.4) is 0 Å². The molecule has 9 heteroatoms. The van der Waals surface area contributed by atoms with Gasteiger partial charge in [-0.15, -0.1) is 0 Å². The Kier molecular flexibility index (Phi) is 4.96. The van der Waals surface area contributed by atoms with Crippen molar-refractivity contribution >= 4 is 39.3 Å². The van der Waals surface area contributed by atoms with E-state index >= 15 is 0 Å². The maximum atomic E-state index is 12.7. The van der Waals surface area contributed by atoms with E-state index in [0.717, 1.165) is 11.3 Å². The van der Waals surface area contributed by atoms with Crippen LogP contribution in [-0.4, -0.2) is 31.8 Å². The monoisotopic (exact) mass is 422 g/mol. The second-order valence-electron chi connectivity index (χ2n) is 6.62. The Morgan fingerprint density at radius 1 is 1.10 bits per heavy atom. The van der Waals surface area contributed by atoms with Gasteiger partial charge in [0.05, 0.1) is 16.3 Å². The number of hydrogen-bond acceptors (Lipinski definition) is 6. The van der Waals surface area contributed by atoms with E-state index in [2.05, 4.69) is 21.2 Å². The number of amides is 2. The molecular weight excluding hydrogens is 404 g/mol. The minimum Gasteiger partial charge on any atom is -0.354 e. The van der Waals surface area contributed by atoms with E-state index < -0.39 is 21.7 Å². The van der Waals surface area contributed by atoms with Gasteiger partial charge in [0.1, 0.15) is 5.57 Å². The maximum absolute atomic E-state index is 12.7. The van der Waals surface area contributed by atoms with Crippen molar-refractivity contribution < 1.29 is 18.0 Å². The summed E-state index contributed by atoms with van der Waals surface area (Å²) in [6, 6.07) is 13.3. The Bertz CT molecular complexity index is 1260. The van der Waals surface area contributed by atoms with Crippen molar-refractivity contribution in [2.24, 2.45) is 5.10 Å². The largest absolute Gasteiger partial charge is 0.354 e. The van der Waals surface area contributed by atoms with Gasteiger partial charge in [-0.1, -0.05) is 37.3 Å². The molecule has 0 atom stereocenters. The Morgan fingerprint density at radius 2 is 1.90 bits per heavy atom. The number of carbonyl (C=O) groups excluding carboxylic acids is 2. The number of sulfone groups is 1. The lowest BCUT2D eigenvalue weighted by Gasteiger charge is -2.17. The fourth-order valence-corrected chi connectivity index (χ4v) is 4.03. The third-order valence-electron chi connectivity index (χ3n) is 4.73. The van der Waals surface area contributed by atoms with Gasteiger partial charge in [0.15, 0.2) is 15.7 Å². The molecule has 2 amide bonds. The summed E-state index contributed by atoms with van der Waals surface area (Å²) in [5.74, 6) is -1.05. The van der Waals surface area contributed by atoms with Crippen LogP contribution in [0.2, 0.25) is 0 Å². The van der Waals surface area contributed by atoms with E-state index in [1.807, 2.05) is 30.3 Å². The van der Waals surface area contributed by atoms with Crippen LogP contribution in [0.25, 0.3) is 6.08 Å². The molecule has 8 nitrogen and oxygen atoms in total. The van der Waals surface area contributed by atoms with Gasteiger partial charge in [-0.2, -0.15) is 5.10 Å². The summed E-state index contributed by atoms with van der Waals surface area (Å²) in [6.45, 7) is 1.54. The highest BCUT2D eigenvalue weighted by atomic mass is 32.2. The zero-order valence-corrected chi connectivity index (χ0v) is 16.8. The quantitative estimate of drug-likeness (QED) is 0.655. The molecule has 2 heterocycles. The SMILES string of the molecule is CCS(=O)(=O)c1cccc(C(=O)NC2=NNC(=O)C2=C2C=Cc3ccccc3N2)c1. The van der Waals surface area contributed by atoms with Crippen LogP contribution in [0.4, 0.5) is 5.69 Å². The Morgan fingerprint density at radius 3 is 2.70 bits per heavy atom. The number of allylic oxidation sites excluding steroid dienone is 1. The van der Waals surface area contributed by atoms with Gasteiger partial charge in [-0.25, -0.2) is 13.8 Å². The lowest BCUT2D eigenvalue weighted by atomic mass is 10.0. The first-order chi connectivity index (χ1) is 14.4. The average molecular weight is 422 g/mol. The molecule has 2 aromatic carbocycles. The summed E-state index contributed by atoms with van der Waals surface area (Å²) < 4.78 is 24.2. The zero-order valence-electron chi connectivity index (χ0n) is 16.0. The van der Waals surface area contributed by atoms with Gasteiger partial charge >= 0.3 is 0 Å². The standard InChI is InChI=1S/C21H18N4O4S/c1-2-30(28,29)15-8-5-7-14(12-15)20(26)23-19-18(21(27)25-24-19)17-11-10-13-6-3-4-9-16(13)22-17/h3-12,22H,2H2,1H3,(H,25,27)(H,23,24,26). The number of nitrogens with one attached hydrogen (secondary N) is 3. The molecule has 0 saturated heterocycles. The normalized spacial score (nSPS) is 17.6. The molecular formula is C21H18N4O4S. The number of carbonyl (C=O) groups is 2. The summed E-state index contributed by atoms with van der Waals surface area (Å²) in [5, 5.41) is 9.68. The molecule has 2 aliphatic heterocycles. The highest BCUT2D eigenvalue weighted by molar-refractivity contribution is 7.91. The minimum atomic E-state index is -3.45. The van der Waals surface area contributed by atoms with Crippen LogP contribution in [0, 0.1) is 0 Å². The maximum Gasteiger partial charge on any atom is 0.277 e. The average Bonchev–Trinajstić information content (AvgIpc) is 3.13. The summed E-state index contributed by atoms with van der Waals surface area (Å²) in [6.07, 6.45) is 3.59. The fraction of sp³-hybridized carbons (Fsp3) is 0.0952. The molecule has 0 unspecified atom stereocenters. The number of rotatable bonds is 3. The van der Waals surface area contributed by atoms with Gasteiger partial charge in [0, 0.05) is 11.3 Å². The Hall–Kier alpha value is -3.72. The van der Waals surface area contributed by atoms with E-state index in [9.17, 15) is 18.0 Å². The number of nitrogens with zero attached hydrogens (tertiary/aromatic N) is 1. The lowest BCUT2D eigenvalue weighted by Crippen LogP contribution is -2.33. The van der Waals surface area contributed by atoms with E-state index in [1.165, 1.54) is 31.2 Å². The van der Waals surface area contributed by atoms with Crippen LogP contribution >= 0.6 is 0 Å². The van der Waals surface area contributed by atoms with Crippen molar-refractivity contribution in [2.75, 3.05) is 11.1 Å². The van der Waals surface area contributed by atoms with Gasteiger partial charge in [0.25, 0.3) is 11.8 Å². The molecule has 4 rings (SSSR count). The first-order valence-corrected chi connectivity index (χ1v) is 10.9. The van der Waals surface area contributed by atoms with E-state index in [1.54, 1.807) is 6.08 Å². The molecule has 2 aromatic rings. The summed E-state index contributed by atoms with van der Waals surface area (Å²) in [5.41, 5.74) is 4.97. The van der Waals surface area contributed by atoms with Crippen molar-refractivity contribution in [3.63, 3.8) is 0 Å². The minimum absolute atomic E-state index is 0.0558. The Labute approximate surface area is 173 Å². The second kappa shape index (κ2) is 7.60. The first kappa shape index (κ1) is 19.6. The number of fused-ring (bicyclic) bond motifs is 1. The number of anilines is 1. The van der Waals surface area contributed by atoms with Crippen molar-refractivity contribution in [3.8, 4) is 0 Å². The number of hydrogen-bond donors (Lipinski definition) is 3. The second-order valence-corrected chi connectivity index (χ2v) is 8.90. The molecule has 0 fully saturated rings. The molecule has 0 bridgehead atoms.